The van der Waals surface area contributed by atoms with E-state index in [2.05, 4.69) is 70.8 Å². The molecule has 6 aromatic rings. The Bertz CT molecular complexity index is 1890. The number of carbonyl (C=O) groups excluding carboxylic acids is 1. The number of hydrogen-bond acceptors (Lipinski definition) is 4. The molecule has 7 rings (SSSR count). The molecule has 0 aliphatic carbocycles. The first-order valence-electron chi connectivity index (χ1n) is 16.3. The zero-order valence-corrected chi connectivity index (χ0v) is 26.0. The van der Waals surface area contributed by atoms with Gasteiger partial charge in [-0.05, 0) is 79.4 Å². The standard InChI is InChI=1S/C40H40N2O3/c1-2-32-35-17-12-18-36-34(38(43)21-24-41-22-10-5-11-23-41)26-37(42(35)36)40(32)33-20-19-31(44-27-29-13-6-3-7-14-29)25-39(33)45-28-30-15-8-4-9-16-30/h3-4,6-9,12-20,25-26H,2,5,10-11,21-24,27-28H2,1H3. The highest BCUT2D eigenvalue weighted by Gasteiger charge is 2.25. The Morgan fingerprint density at radius 3 is 2.11 bits per heavy atom. The Kier molecular flexibility index (Phi) is 8.52. The van der Waals surface area contributed by atoms with Gasteiger partial charge in [0, 0.05) is 35.7 Å². The van der Waals surface area contributed by atoms with Gasteiger partial charge in [-0.15, -0.1) is 0 Å². The lowest BCUT2D eigenvalue weighted by atomic mass is 9.97. The van der Waals surface area contributed by atoms with Crippen molar-refractivity contribution in [3.05, 3.63) is 125 Å². The van der Waals surface area contributed by atoms with Crippen LogP contribution in [-0.4, -0.2) is 34.7 Å². The molecule has 3 aromatic carbocycles. The number of hydrogen-bond donors (Lipinski definition) is 0. The third-order valence-electron chi connectivity index (χ3n) is 9.12. The van der Waals surface area contributed by atoms with Crippen LogP contribution in [0.2, 0.25) is 0 Å². The largest absolute Gasteiger partial charge is 0.489 e. The first kappa shape index (κ1) is 29.1. The molecule has 0 amide bonds. The molecule has 0 bridgehead atoms. The number of ether oxygens (including phenoxy) is 2. The second kappa shape index (κ2) is 13.2. The van der Waals surface area contributed by atoms with Crippen LogP contribution in [0.15, 0.2) is 103 Å². The molecule has 1 aliphatic rings. The average molecular weight is 597 g/mol. The Hall–Kier alpha value is -4.61. The van der Waals surface area contributed by atoms with Gasteiger partial charge in [0.1, 0.15) is 24.7 Å². The average Bonchev–Trinajstić information content (AvgIpc) is 3.64. The molecule has 228 valence electrons. The smallest absolute Gasteiger partial charge is 0.166 e. The van der Waals surface area contributed by atoms with Gasteiger partial charge in [0.2, 0.25) is 0 Å². The SMILES string of the molecule is CCc1c(-c2ccc(OCc3ccccc3)cc2OCc2ccccc2)c2cc(C(=O)CCN3CCCCC3)c3cccc1n32. The summed E-state index contributed by atoms with van der Waals surface area (Å²) in [6.07, 6.45) is 5.17. The van der Waals surface area contributed by atoms with Gasteiger partial charge < -0.3 is 18.8 Å². The van der Waals surface area contributed by atoms with E-state index in [0.29, 0.717) is 19.6 Å². The minimum Gasteiger partial charge on any atom is -0.489 e. The summed E-state index contributed by atoms with van der Waals surface area (Å²) in [4.78, 5) is 16.1. The second-order valence-electron chi connectivity index (χ2n) is 12.1. The first-order chi connectivity index (χ1) is 22.2. The lowest BCUT2D eigenvalue weighted by Crippen LogP contribution is -2.31. The maximum absolute atomic E-state index is 13.7. The summed E-state index contributed by atoms with van der Waals surface area (Å²) in [6, 6.07) is 35.1. The molecule has 5 heteroatoms. The maximum atomic E-state index is 13.7. The highest BCUT2D eigenvalue weighted by molar-refractivity contribution is 6.09. The van der Waals surface area contributed by atoms with E-state index >= 15 is 0 Å². The molecule has 1 fully saturated rings. The number of aromatic nitrogens is 1. The van der Waals surface area contributed by atoms with E-state index in [1.165, 1.54) is 24.8 Å². The normalized spacial score (nSPS) is 13.9. The van der Waals surface area contributed by atoms with Crippen molar-refractivity contribution in [3.8, 4) is 22.6 Å². The minimum absolute atomic E-state index is 0.214. The second-order valence-corrected chi connectivity index (χ2v) is 12.1. The fourth-order valence-electron chi connectivity index (χ4n) is 6.81. The van der Waals surface area contributed by atoms with Gasteiger partial charge in [-0.25, -0.2) is 0 Å². The van der Waals surface area contributed by atoms with Crippen LogP contribution >= 0.6 is 0 Å². The molecule has 45 heavy (non-hydrogen) atoms. The Morgan fingerprint density at radius 1 is 0.711 bits per heavy atom. The van der Waals surface area contributed by atoms with Crippen molar-refractivity contribution in [1.82, 2.24) is 9.30 Å². The minimum atomic E-state index is 0.214. The van der Waals surface area contributed by atoms with Gasteiger partial charge in [0.05, 0.1) is 16.6 Å². The van der Waals surface area contributed by atoms with Crippen LogP contribution < -0.4 is 9.47 Å². The summed E-state index contributed by atoms with van der Waals surface area (Å²) >= 11 is 0. The maximum Gasteiger partial charge on any atom is 0.166 e. The Labute approximate surface area is 265 Å². The van der Waals surface area contributed by atoms with Gasteiger partial charge in [-0.1, -0.05) is 80.1 Å². The monoisotopic (exact) mass is 596 g/mol. The molecule has 0 unspecified atom stereocenters. The molecule has 1 aliphatic heterocycles. The predicted molar refractivity (Wildman–Crippen MR) is 182 cm³/mol. The van der Waals surface area contributed by atoms with Gasteiger partial charge in [0.15, 0.2) is 5.78 Å². The van der Waals surface area contributed by atoms with Crippen molar-refractivity contribution in [2.24, 2.45) is 0 Å². The van der Waals surface area contributed by atoms with E-state index in [9.17, 15) is 4.79 Å². The summed E-state index contributed by atoms with van der Waals surface area (Å²) < 4.78 is 15.1. The number of aryl methyl sites for hydroxylation is 1. The van der Waals surface area contributed by atoms with Crippen molar-refractivity contribution < 1.29 is 14.3 Å². The van der Waals surface area contributed by atoms with E-state index in [1.54, 1.807) is 0 Å². The number of carbonyl (C=O) groups is 1. The fraction of sp³-hybridized carbons (Fsp3) is 0.275. The fourth-order valence-corrected chi connectivity index (χ4v) is 6.81. The first-order valence-corrected chi connectivity index (χ1v) is 16.3. The molecule has 1 saturated heterocycles. The third-order valence-corrected chi connectivity index (χ3v) is 9.12. The van der Waals surface area contributed by atoms with Crippen molar-refractivity contribution >= 4 is 22.3 Å². The number of Topliss-reactive ketones (excluding diaryl/α,β-unsaturated/α-hetero) is 1. The van der Waals surface area contributed by atoms with Gasteiger partial charge in [0.25, 0.3) is 0 Å². The summed E-state index contributed by atoms with van der Waals surface area (Å²) in [5.74, 6) is 1.74. The Balaban J connectivity index is 1.27. The van der Waals surface area contributed by atoms with Crippen LogP contribution in [0.3, 0.4) is 0 Å². The highest BCUT2D eigenvalue weighted by atomic mass is 16.5. The Morgan fingerprint density at radius 2 is 1.40 bits per heavy atom. The zero-order valence-electron chi connectivity index (χ0n) is 26.0. The van der Waals surface area contributed by atoms with Crippen LogP contribution in [0.5, 0.6) is 11.5 Å². The van der Waals surface area contributed by atoms with Crippen LogP contribution in [-0.2, 0) is 19.6 Å². The summed E-state index contributed by atoms with van der Waals surface area (Å²) in [6.45, 7) is 6.16. The van der Waals surface area contributed by atoms with Crippen molar-refractivity contribution in [1.29, 1.82) is 0 Å². The topological polar surface area (TPSA) is 43.2 Å². The van der Waals surface area contributed by atoms with Crippen LogP contribution in [0.25, 0.3) is 27.7 Å². The molecule has 0 atom stereocenters. The summed E-state index contributed by atoms with van der Waals surface area (Å²) in [5, 5.41) is 0. The van der Waals surface area contributed by atoms with E-state index in [-0.39, 0.29) is 5.78 Å². The highest BCUT2D eigenvalue weighted by Crippen LogP contribution is 2.44. The van der Waals surface area contributed by atoms with Gasteiger partial charge >= 0.3 is 0 Å². The lowest BCUT2D eigenvalue weighted by Gasteiger charge is -2.25. The molecular weight excluding hydrogens is 556 g/mol. The lowest BCUT2D eigenvalue weighted by molar-refractivity contribution is 0.0960. The molecule has 3 aromatic heterocycles. The van der Waals surface area contributed by atoms with E-state index < -0.39 is 0 Å². The van der Waals surface area contributed by atoms with Gasteiger partial charge in [-0.3, -0.25) is 4.79 Å². The predicted octanol–water partition coefficient (Wildman–Crippen LogP) is 8.98. The van der Waals surface area contributed by atoms with Crippen molar-refractivity contribution in [2.75, 3.05) is 19.6 Å². The molecule has 0 N–H and O–H groups in total. The van der Waals surface area contributed by atoms with Crippen LogP contribution in [0.4, 0.5) is 0 Å². The quantitative estimate of drug-likeness (QED) is 0.132. The number of rotatable bonds is 12. The number of likely N-dealkylation sites (tertiary alicyclic amines) is 1. The number of ketones is 1. The molecule has 0 spiro atoms. The summed E-state index contributed by atoms with van der Waals surface area (Å²) in [7, 11) is 0. The van der Waals surface area contributed by atoms with E-state index in [4.69, 9.17) is 9.47 Å². The molecule has 0 radical (unpaired) electrons. The summed E-state index contributed by atoms with van der Waals surface area (Å²) in [5.41, 5.74) is 9.61. The van der Waals surface area contributed by atoms with E-state index in [1.807, 2.05) is 48.5 Å². The van der Waals surface area contributed by atoms with Crippen molar-refractivity contribution in [2.45, 2.75) is 52.2 Å². The van der Waals surface area contributed by atoms with E-state index in [0.717, 1.165) is 81.9 Å². The molecule has 4 heterocycles. The number of benzene rings is 3. The molecule has 5 nitrogen and oxygen atoms in total. The van der Waals surface area contributed by atoms with Crippen LogP contribution in [0.1, 0.15) is 59.7 Å². The van der Waals surface area contributed by atoms with Gasteiger partial charge in [-0.2, -0.15) is 0 Å². The molecular formula is C40H40N2O3. The van der Waals surface area contributed by atoms with Crippen LogP contribution in [0, 0.1) is 0 Å². The molecule has 0 saturated carbocycles. The van der Waals surface area contributed by atoms with Crippen molar-refractivity contribution in [3.63, 3.8) is 0 Å². The zero-order chi connectivity index (χ0) is 30.6. The number of pyridine rings is 1. The third kappa shape index (κ3) is 6.05. The number of piperidine rings is 1. The number of nitrogens with zero attached hydrogens (tertiary/aromatic N) is 2.